The Hall–Kier alpha value is -0.440. The van der Waals surface area contributed by atoms with Gasteiger partial charge in [-0.15, -0.1) is 11.6 Å². The third-order valence-corrected chi connectivity index (χ3v) is 3.94. The summed E-state index contributed by atoms with van der Waals surface area (Å²) in [7, 11) is 0. The number of carbonyl (C=O) groups excluding carboxylic acids is 1. The molecule has 0 saturated heterocycles. The number of halogens is 3. The van der Waals surface area contributed by atoms with Crippen LogP contribution < -0.4 is 5.32 Å². The van der Waals surface area contributed by atoms with Crippen molar-refractivity contribution in [2.45, 2.75) is 20.3 Å². The summed E-state index contributed by atoms with van der Waals surface area (Å²) in [5.41, 5.74) is 0.736. The van der Waals surface area contributed by atoms with Gasteiger partial charge < -0.3 is 5.32 Å². The van der Waals surface area contributed by atoms with Crippen molar-refractivity contribution in [2.24, 2.45) is 5.41 Å². The lowest BCUT2D eigenvalue weighted by molar-refractivity contribution is -0.120. The lowest BCUT2D eigenvalue weighted by Crippen LogP contribution is -2.35. The minimum absolute atomic E-state index is 0.0495. The number of hydrogen-bond acceptors (Lipinski definition) is 1. The first-order chi connectivity index (χ1) is 8.34. The molecule has 100 valence electrons. The number of rotatable bonds is 5. The summed E-state index contributed by atoms with van der Waals surface area (Å²) in [4.78, 5) is 11.7. The molecule has 0 aliphatic carbocycles. The van der Waals surface area contributed by atoms with Crippen LogP contribution in [0, 0.1) is 5.41 Å². The van der Waals surface area contributed by atoms with Gasteiger partial charge in [0.1, 0.15) is 0 Å². The molecule has 1 aromatic carbocycles. The Bertz CT molecular complexity index is 432. The zero-order valence-corrected chi connectivity index (χ0v) is 12.7. The predicted octanol–water partition coefficient (Wildman–Crippen LogP) is 3.92. The van der Waals surface area contributed by atoms with E-state index < -0.39 is 0 Å². The number of nitrogens with one attached hydrogen (secondary N) is 1. The van der Waals surface area contributed by atoms with Gasteiger partial charge in [0.15, 0.2) is 0 Å². The van der Waals surface area contributed by atoms with Crippen LogP contribution in [-0.2, 0) is 11.2 Å². The first-order valence-corrected chi connectivity index (χ1v) is 6.90. The molecule has 5 heteroatoms. The number of carbonyl (C=O) groups is 1. The summed E-state index contributed by atoms with van der Waals surface area (Å²) >= 11 is 17.5. The van der Waals surface area contributed by atoms with Crippen molar-refractivity contribution in [1.82, 2.24) is 5.32 Å². The lowest BCUT2D eigenvalue weighted by Gasteiger charge is -2.21. The maximum atomic E-state index is 11.7. The molecule has 0 bridgehead atoms. The largest absolute Gasteiger partial charge is 0.355 e. The average molecular weight is 309 g/mol. The highest BCUT2D eigenvalue weighted by molar-refractivity contribution is 6.42. The molecule has 0 aliphatic heterocycles. The van der Waals surface area contributed by atoms with E-state index in [1.54, 1.807) is 18.2 Å². The molecule has 0 aromatic heterocycles. The van der Waals surface area contributed by atoms with E-state index >= 15 is 0 Å². The molecule has 0 radical (unpaired) electrons. The van der Waals surface area contributed by atoms with Crippen molar-refractivity contribution in [3.05, 3.63) is 33.8 Å². The van der Waals surface area contributed by atoms with E-state index in [1.165, 1.54) is 0 Å². The van der Waals surface area contributed by atoms with Crippen molar-refractivity contribution in [3.63, 3.8) is 0 Å². The average Bonchev–Trinajstić information content (AvgIpc) is 2.32. The SMILES string of the molecule is CC(C)(CCl)CNC(=O)Cc1ccc(Cl)c(Cl)c1. The Kier molecular flexibility index (Phi) is 5.77. The summed E-state index contributed by atoms with van der Waals surface area (Å²) in [6.07, 6.45) is 0.287. The summed E-state index contributed by atoms with van der Waals surface area (Å²) < 4.78 is 0. The Balaban J connectivity index is 2.52. The standard InChI is InChI=1S/C13H16Cl3NO/c1-13(2,7-14)8-17-12(18)6-9-3-4-10(15)11(16)5-9/h3-5H,6-8H2,1-2H3,(H,17,18). The van der Waals surface area contributed by atoms with Crippen LogP contribution in [0.1, 0.15) is 19.4 Å². The van der Waals surface area contributed by atoms with Crippen LogP contribution in [0.25, 0.3) is 0 Å². The molecular formula is C13H16Cl3NO. The first-order valence-electron chi connectivity index (χ1n) is 5.61. The molecule has 0 saturated carbocycles. The summed E-state index contributed by atoms with van der Waals surface area (Å²) in [5, 5.41) is 3.81. The summed E-state index contributed by atoms with van der Waals surface area (Å²) in [6, 6.07) is 5.19. The van der Waals surface area contributed by atoms with Crippen LogP contribution in [0.2, 0.25) is 10.0 Å². The molecule has 18 heavy (non-hydrogen) atoms. The highest BCUT2D eigenvalue weighted by Gasteiger charge is 2.17. The van der Waals surface area contributed by atoms with Gasteiger partial charge in [0.05, 0.1) is 16.5 Å². The van der Waals surface area contributed by atoms with E-state index in [9.17, 15) is 4.79 Å². The van der Waals surface area contributed by atoms with E-state index in [4.69, 9.17) is 34.8 Å². The second-order valence-corrected chi connectivity index (χ2v) is 6.08. The molecule has 1 N–H and O–H groups in total. The van der Waals surface area contributed by atoms with Crippen molar-refractivity contribution >= 4 is 40.7 Å². The second kappa shape index (κ2) is 6.65. The van der Waals surface area contributed by atoms with Gasteiger partial charge in [-0.2, -0.15) is 0 Å². The molecule has 2 nitrogen and oxygen atoms in total. The zero-order valence-electron chi connectivity index (χ0n) is 10.4. The quantitative estimate of drug-likeness (QED) is 0.821. The molecule has 0 heterocycles. The van der Waals surface area contributed by atoms with Crippen LogP contribution in [0.3, 0.4) is 0 Å². The zero-order chi connectivity index (χ0) is 13.8. The molecule has 1 amide bonds. The van der Waals surface area contributed by atoms with Gasteiger partial charge in [-0.1, -0.05) is 43.1 Å². The van der Waals surface area contributed by atoms with Gasteiger partial charge in [0.2, 0.25) is 5.91 Å². The van der Waals surface area contributed by atoms with E-state index in [1.807, 2.05) is 13.8 Å². The van der Waals surface area contributed by atoms with Gasteiger partial charge >= 0.3 is 0 Å². The number of amides is 1. The van der Waals surface area contributed by atoms with E-state index in [2.05, 4.69) is 5.32 Å². The van der Waals surface area contributed by atoms with Crippen LogP contribution in [0.5, 0.6) is 0 Å². The van der Waals surface area contributed by atoms with Crippen LogP contribution in [0.15, 0.2) is 18.2 Å². The first kappa shape index (κ1) is 15.6. The van der Waals surface area contributed by atoms with Gasteiger partial charge in [-0.25, -0.2) is 0 Å². The normalized spacial score (nSPS) is 11.4. The molecule has 0 spiro atoms. The van der Waals surface area contributed by atoms with Gasteiger partial charge in [0, 0.05) is 12.4 Å². The maximum Gasteiger partial charge on any atom is 0.224 e. The fourth-order valence-corrected chi connectivity index (χ4v) is 1.70. The van der Waals surface area contributed by atoms with Gasteiger partial charge in [-0.3, -0.25) is 4.79 Å². The minimum atomic E-state index is -0.102. The predicted molar refractivity (Wildman–Crippen MR) is 77.7 cm³/mol. The topological polar surface area (TPSA) is 29.1 Å². The molecule has 0 atom stereocenters. The van der Waals surface area contributed by atoms with Crippen LogP contribution in [-0.4, -0.2) is 18.3 Å². The number of alkyl halides is 1. The van der Waals surface area contributed by atoms with Crippen molar-refractivity contribution < 1.29 is 4.79 Å². The Morgan fingerprint density at radius 1 is 1.28 bits per heavy atom. The van der Waals surface area contributed by atoms with Gasteiger partial charge in [-0.05, 0) is 23.1 Å². The molecule has 1 rings (SSSR count). The van der Waals surface area contributed by atoms with Crippen molar-refractivity contribution in [1.29, 1.82) is 0 Å². The highest BCUT2D eigenvalue weighted by atomic mass is 35.5. The number of hydrogen-bond donors (Lipinski definition) is 1. The van der Waals surface area contributed by atoms with E-state index in [-0.39, 0.29) is 17.7 Å². The Labute approximate surface area is 123 Å². The fraction of sp³-hybridized carbons (Fsp3) is 0.462. The summed E-state index contributed by atoms with van der Waals surface area (Å²) in [6.45, 7) is 4.55. The van der Waals surface area contributed by atoms with Crippen molar-refractivity contribution in [2.75, 3.05) is 12.4 Å². The van der Waals surface area contributed by atoms with Crippen LogP contribution in [0.4, 0.5) is 0 Å². The van der Waals surface area contributed by atoms with Gasteiger partial charge in [0.25, 0.3) is 0 Å². The Morgan fingerprint density at radius 2 is 1.94 bits per heavy atom. The Morgan fingerprint density at radius 3 is 2.50 bits per heavy atom. The maximum absolute atomic E-state index is 11.7. The van der Waals surface area contributed by atoms with E-state index in [0.29, 0.717) is 22.5 Å². The minimum Gasteiger partial charge on any atom is -0.355 e. The monoisotopic (exact) mass is 307 g/mol. The van der Waals surface area contributed by atoms with Crippen molar-refractivity contribution in [3.8, 4) is 0 Å². The molecule has 0 unspecified atom stereocenters. The molecule has 0 fully saturated rings. The van der Waals surface area contributed by atoms with Crippen LogP contribution >= 0.6 is 34.8 Å². The summed E-state index contributed by atoms with van der Waals surface area (Å²) in [5.74, 6) is 0.451. The molecular weight excluding hydrogens is 293 g/mol. The number of benzene rings is 1. The third-order valence-electron chi connectivity index (χ3n) is 2.47. The molecule has 0 aliphatic rings. The second-order valence-electron chi connectivity index (χ2n) is 5.00. The lowest BCUT2D eigenvalue weighted by atomic mass is 9.96. The molecule has 1 aromatic rings. The smallest absolute Gasteiger partial charge is 0.224 e. The fourth-order valence-electron chi connectivity index (χ4n) is 1.28. The highest BCUT2D eigenvalue weighted by Crippen LogP contribution is 2.22. The van der Waals surface area contributed by atoms with E-state index in [0.717, 1.165) is 5.56 Å². The third kappa shape index (κ3) is 5.05.